The van der Waals surface area contributed by atoms with Gasteiger partial charge in [-0.05, 0) is 42.0 Å². The van der Waals surface area contributed by atoms with E-state index in [0.717, 1.165) is 24.3 Å². The molecule has 0 aliphatic carbocycles. The van der Waals surface area contributed by atoms with Gasteiger partial charge in [0.15, 0.2) is 11.6 Å². The molecular weight excluding hydrogens is 320 g/mol. The third kappa shape index (κ3) is 2.67. The van der Waals surface area contributed by atoms with Crippen LogP contribution < -0.4 is 5.32 Å². The minimum Gasteiger partial charge on any atom is -0.478 e. The average molecular weight is 329 g/mol. The molecule has 0 saturated carbocycles. The first kappa shape index (κ1) is 15.5. The highest BCUT2D eigenvalue weighted by Gasteiger charge is 2.29. The minimum absolute atomic E-state index is 0.0170. The fraction of sp³-hybridized carbons (Fsp3) is 0. The normalized spacial score (nSPS) is 15.2. The van der Waals surface area contributed by atoms with E-state index >= 15 is 0 Å². The van der Waals surface area contributed by atoms with Crippen LogP contribution >= 0.6 is 0 Å². The minimum atomic E-state index is -1.21. The van der Waals surface area contributed by atoms with Crippen LogP contribution in [0.5, 0.6) is 0 Å². The van der Waals surface area contributed by atoms with Crippen molar-refractivity contribution >= 4 is 29.4 Å². The third-order valence-electron chi connectivity index (χ3n) is 3.50. The van der Waals surface area contributed by atoms with E-state index in [-0.39, 0.29) is 28.0 Å². The average Bonchev–Trinajstić information content (AvgIpc) is 2.54. The second-order valence-electron chi connectivity index (χ2n) is 5.08. The number of amides is 1. The molecule has 0 spiro atoms. The Morgan fingerprint density at radius 3 is 2.46 bits per heavy atom. The van der Waals surface area contributed by atoms with E-state index in [1.54, 1.807) is 0 Å². The predicted octanol–water partition coefficient (Wildman–Crippen LogP) is 2.88. The lowest BCUT2D eigenvalue weighted by Gasteiger charge is -2.18. The number of Topliss-reactive ketones (excluding diaryl/α,β-unsaturated/α-hetero) is 1. The molecule has 24 heavy (non-hydrogen) atoms. The number of anilines is 1. The van der Waals surface area contributed by atoms with Gasteiger partial charge in [0.25, 0.3) is 5.91 Å². The summed E-state index contributed by atoms with van der Waals surface area (Å²) in [6.45, 7) is 0. The van der Waals surface area contributed by atoms with Gasteiger partial charge in [-0.2, -0.15) is 0 Å². The molecule has 2 aromatic carbocycles. The van der Waals surface area contributed by atoms with E-state index in [0.29, 0.717) is 0 Å². The number of carboxylic acids is 1. The topological polar surface area (TPSA) is 83.5 Å². The van der Waals surface area contributed by atoms with Gasteiger partial charge in [0.1, 0.15) is 0 Å². The standard InChI is InChI=1S/C17H9F2NO4/c18-12-3-1-8(6-13(12)19)5-11-15(21)10-7-9(17(23)24)2-4-14(10)20-16(11)22/h1-7H,(H,20,22)(H,23,24). The molecular formula is C17H9F2NO4. The van der Waals surface area contributed by atoms with Crippen molar-refractivity contribution in [2.45, 2.75) is 0 Å². The summed E-state index contributed by atoms with van der Waals surface area (Å²) < 4.78 is 26.2. The second kappa shape index (κ2) is 5.69. The zero-order valence-corrected chi connectivity index (χ0v) is 12.0. The number of aromatic carboxylic acids is 1. The number of fused-ring (bicyclic) bond motifs is 1. The van der Waals surface area contributed by atoms with Crippen molar-refractivity contribution in [3.63, 3.8) is 0 Å². The number of ketones is 1. The van der Waals surface area contributed by atoms with Gasteiger partial charge in [0.05, 0.1) is 16.8 Å². The first-order valence-corrected chi connectivity index (χ1v) is 6.77. The smallest absolute Gasteiger partial charge is 0.335 e. The van der Waals surface area contributed by atoms with Gasteiger partial charge in [0, 0.05) is 5.56 Å². The molecule has 2 N–H and O–H groups in total. The lowest BCUT2D eigenvalue weighted by molar-refractivity contribution is -0.112. The van der Waals surface area contributed by atoms with Crippen molar-refractivity contribution < 1.29 is 28.3 Å². The molecule has 0 atom stereocenters. The van der Waals surface area contributed by atoms with Crippen LogP contribution in [0.2, 0.25) is 0 Å². The summed E-state index contributed by atoms with van der Waals surface area (Å²) in [5, 5.41) is 11.5. The maximum atomic E-state index is 13.3. The molecule has 0 aromatic heterocycles. The molecule has 3 rings (SSSR count). The van der Waals surface area contributed by atoms with Crippen molar-refractivity contribution in [3.05, 3.63) is 70.3 Å². The lowest BCUT2D eigenvalue weighted by atomic mass is 9.93. The molecule has 1 heterocycles. The number of hydrogen-bond donors (Lipinski definition) is 2. The Morgan fingerprint density at radius 2 is 1.79 bits per heavy atom. The summed E-state index contributed by atoms with van der Waals surface area (Å²) >= 11 is 0. The fourth-order valence-electron chi connectivity index (χ4n) is 2.31. The highest BCUT2D eigenvalue weighted by Crippen LogP contribution is 2.27. The molecule has 0 unspecified atom stereocenters. The Hall–Kier alpha value is -3.35. The SMILES string of the molecule is O=C1Nc2ccc(C(=O)O)cc2C(=O)C1=Cc1ccc(F)c(F)c1. The van der Waals surface area contributed by atoms with E-state index in [2.05, 4.69) is 5.32 Å². The van der Waals surface area contributed by atoms with Crippen molar-refractivity contribution in [1.29, 1.82) is 0 Å². The molecule has 0 radical (unpaired) electrons. The van der Waals surface area contributed by atoms with Gasteiger partial charge in [-0.15, -0.1) is 0 Å². The van der Waals surface area contributed by atoms with Crippen molar-refractivity contribution in [2.24, 2.45) is 0 Å². The maximum Gasteiger partial charge on any atom is 0.335 e. The highest BCUT2D eigenvalue weighted by atomic mass is 19.2. The molecule has 120 valence electrons. The summed E-state index contributed by atoms with van der Waals surface area (Å²) in [6, 6.07) is 6.69. The summed E-state index contributed by atoms with van der Waals surface area (Å²) in [4.78, 5) is 35.5. The van der Waals surface area contributed by atoms with Gasteiger partial charge in [0.2, 0.25) is 5.78 Å². The molecule has 7 heteroatoms. The van der Waals surface area contributed by atoms with Gasteiger partial charge in [-0.1, -0.05) is 6.07 Å². The number of carbonyl (C=O) groups is 3. The van der Waals surface area contributed by atoms with Crippen LogP contribution in [-0.2, 0) is 4.79 Å². The highest BCUT2D eigenvalue weighted by molar-refractivity contribution is 6.36. The predicted molar refractivity (Wildman–Crippen MR) is 80.7 cm³/mol. The van der Waals surface area contributed by atoms with Crippen LogP contribution in [0.25, 0.3) is 6.08 Å². The summed E-state index contributed by atoms with van der Waals surface area (Å²) in [7, 11) is 0. The second-order valence-corrected chi connectivity index (χ2v) is 5.08. The Bertz CT molecular complexity index is 934. The van der Waals surface area contributed by atoms with E-state index in [1.807, 2.05) is 0 Å². The van der Waals surface area contributed by atoms with Gasteiger partial charge >= 0.3 is 5.97 Å². The maximum absolute atomic E-state index is 13.3. The van der Waals surface area contributed by atoms with Gasteiger partial charge in [-0.3, -0.25) is 9.59 Å². The Morgan fingerprint density at radius 1 is 1.04 bits per heavy atom. The number of hydrogen-bond acceptors (Lipinski definition) is 3. The third-order valence-corrected chi connectivity index (χ3v) is 3.50. The Balaban J connectivity index is 2.07. The van der Waals surface area contributed by atoms with Crippen LogP contribution in [0.4, 0.5) is 14.5 Å². The summed E-state index contributed by atoms with van der Waals surface area (Å²) in [6.07, 6.45) is 1.12. The van der Waals surface area contributed by atoms with Gasteiger partial charge < -0.3 is 10.4 Å². The van der Waals surface area contributed by atoms with Crippen molar-refractivity contribution in [2.75, 3.05) is 5.32 Å². The Kier molecular flexibility index (Phi) is 3.69. The van der Waals surface area contributed by atoms with E-state index in [1.165, 1.54) is 18.2 Å². The number of benzene rings is 2. The monoisotopic (exact) mass is 329 g/mol. The number of nitrogens with one attached hydrogen (secondary N) is 1. The number of carbonyl (C=O) groups excluding carboxylic acids is 2. The fourth-order valence-corrected chi connectivity index (χ4v) is 2.31. The first-order valence-electron chi connectivity index (χ1n) is 6.77. The van der Waals surface area contributed by atoms with E-state index in [4.69, 9.17) is 5.11 Å². The first-order chi connectivity index (χ1) is 11.4. The zero-order valence-electron chi connectivity index (χ0n) is 12.0. The molecule has 0 fully saturated rings. The molecule has 1 aliphatic rings. The van der Waals surface area contributed by atoms with Crippen molar-refractivity contribution in [1.82, 2.24) is 0 Å². The molecule has 1 aliphatic heterocycles. The Labute approximate surface area is 134 Å². The summed E-state index contributed by atoms with van der Waals surface area (Å²) in [5.74, 6) is -4.77. The van der Waals surface area contributed by atoms with Crippen LogP contribution in [0.15, 0.2) is 42.0 Å². The number of carboxylic acid groups (broad SMARTS) is 1. The molecule has 2 aromatic rings. The van der Waals surface area contributed by atoms with Crippen LogP contribution in [0.3, 0.4) is 0 Å². The zero-order chi connectivity index (χ0) is 17.4. The molecule has 0 bridgehead atoms. The largest absolute Gasteiger partial charge is 0.478 e. The van der Waals surface area contributed by atoms with Crippen LogP contribution in [-0.4, -0.2) is 22.8 Å². The number of halogens is 2. The molecule has 1 amide bonds. The van der Waals surface area contributed by atoms with E-state index in [9.17, 15) is 23.2 Å². The molecule has 5 nitrogen and oxygen atoms in total. The summed E-state index contributed by atoms with van der Waals surface area (Å²) in [5.41, 5.74) is -0.0625. The number of rotatable bonds is 2. The van der Waals surface area contributed by atoms with Gasteiger partial charge in [-0.25, -0.2) is 13.6 Å². The van der Waals surface area contributed by atoms with Crippen LogP contribution in [0, 0.1) is 11.6 Å². The van der Waals surface area contributed by atoms with E-state index < -0.39 is 29.3 Å². The quantitative estimate of drug-likeness (QED) is 0.655. The molecule has 0 saturated heterocycles. The van der Waals surface area contributed by atoms with Crippen molar-refractivity contribution in [3.8, 4) is 0 Å². The lowest BCUT2D eigenvalue weighted by Crippen LogP contribution is -2.27. The van der Waals surface area contributed by atoms with Crippen LogP contribution in [0.1, 0.15) is 26.3 Å².